The largest absolute Gasteiger partial charge is 0.380 e. The van der Waals surface area contributed by atoms with E-state index in [1.54, 1.807) is 31.1 Å². The van der Waals surface area contributed by atoms with Crippen LogP contribution in [0.25, 0.3) is 0 Å². The molecule has 4 aromatic rings. The Labute approximate surface area is 187 Å². The lowest BCUT2D eigenvalue weighted by molar-refractivity contribution is 0.101. The first kappa shape index (κ1) is 21.1. The summed E-state index contributed by atoms with van der Waals surface area (Å²) in [6.07, 6.45) is 3.19. The Hall–Kier alpha value is -3.15. The number of H-pyrrole nitrogens is 1. The van der Waals surface area contributed by atoms with Gasteiger partial charge in [-0.3, -0.25) is 14.6 Å². The molecule has 0 atom stereocenters. The van der Waals surface area contributed by atoms with Crippen molar-refractivity contribution in [2.24, 2.45) is 7.05 Å². The zero-order valence-electron chi connectivity index (χ0n) is 16.8. The van der Waals surface area contributed by atoms with E-state index >= 15 is 0 Å². The highest BCUT2D eigenvalue weighted by Crippen LogP contribution is 2.33. The third kappa shape index (κ3) is 5.51. The van der Waals surface area contributed by atoms with Crippen molar-refractivity contribution in [3.8, 4) is 0 Å². The van der Waals surface area contributed by atoms with Crippen LogP contribution in [0.2, 0.25) is 0 Å². The number of anilines is 1. The van der Waals surface area contributed by atoms with Crippen LogP contribution in [0, 0.1) is 0 Å². The minimum Gasteiger partial charge on any atom is -0.380 e. The topological polar surface area (TPSA) is 111 Å². The lowest BCUT2D eigenvalue weighted by Crippen LogP contribution is -2.16. The Balaban J connectivity index is 1.61. The van der Waals surface area contributed by atoms with Crippen LogP contribution in [-0.2, 0) is 18.4 Å². The van der Waals surface area contributed by atoms with Gasteiger partial charge < -0.3 is 10.1 Å². The van der Waals surface area contributed by atoms with Gasteiger partial charge in [-0.1, -0.05) is 23.9 Å². The van der Waals surface area contributed by atoms with Gasteiger partial charge in [0.25, 0.3) is 5.91 Å². The summed E-state index contributed by atoms with van der Waals surface area (Å²) in [5.41, 5.74) is 1.39. The molecule has 0 saturated heterocycles. The van der Waals surface area contributed by atoms with Crippen molar-refractivity contribution in [2.75, 3.05) is 12.4 Å². The Kier molecular flexibility index (Phi) is 6.65. The van der Waals surface area contributed by atoms with Gasteiger partial charge in [-0.05, 0) is 41.6 Å². The van der Waals surface area contributed by atoms with Crippen molar-refractivity contribution < 1.29 is 9.53 Å². The van der Waals surface area contributed by atoms with Gasteiger partial charge in [-0.2, -0.15) is 10.2 Å². The summed E-state index contributed by atoms with van der Waals surface area (Å²) in [5, 5.41) is 14.9. The molecular weight excluding hydrogens is 434 g/mol. The number of benzene rings is 1. The first-order valence-corrected chi connectivity index (χ1v) is 10.8. The van der Waals surface area contributed by atoms with E-state index in [9.17, 15) is 4.79 Å². The first-order chi connectivity index (χ1) is 15.1. The summed E-state index contributed by atoms with van der Waals surface area (Å²) >= 11 is 2.76. The molecule has 11 heteroatoms. The molecule has 0 fully saturated rings. The van der Waals surface area contributed by atoms with Gasteiger partial charge in [0, 0.05) is 36.2 Å². The number of rotatable bonds is 8. The lowest BCUT2D eigenvalue weighted by Gasteiger charge is -2.10. The highest BCUT2D eigenvalue weighted by molar-refractivity contribution is 7.99. The second-order valence-corrected chi connectivity index (χ2v) is 8.52. The molecule has 1 amide bonds. The zero-order valence-corrected chi connectivity index (χ0v) is 18.4. The molecule has 0 aliphatic heterocycles. The summed E-state index contributed by atoms with van der Waals surface area (Å²) in [6, 6.07) is 13.5. The molecule has 0 spiro atoms. The zero-order chi connectivity index (χ0) is 21.6. The molecule has 4 rings (SSSR count). The van der Waals surface area contributed by atoms with Crippen LogP contribution >= 0.6 is 23.5 Å². The minimum atomic E-state index is -0.336. The fraction of sp³-hybridized carbons (Fsp3) is 0.150. The van der Waals surface area contributed by atoms with E-state index in [1.807, 2.05) is 36.4 Å². The average molecular weight is 454 g/mol. The van der Waals surface area contributed by atoms with E-state index in [-0.39, 0.29) is 5.91 Å². The van der Waals surface area contributed by atoms with Gasteiger partial charge in [0.15, 0.2) is 11.0 Å². The smallest absolute Gasteiger partial charge is 0.276 e. The SMILES string of the molecule is COCc1ccc(Sc2ccc(Sc3ncn[nH]3)nc2C(=O)Nc2ccn(C)n2)cc1. The monoisotopic (exact) mass is 453 g/mol. The summed E-state index contributed by atoms with van der Waals surface area (Å²) in [6.45, 7) is 0.553. The van der Waals surface area contributed by atoms with Crippen LogP contribution in [0.4, 0.5) is 5.82 Å². The highest BCUT2D eigenvalue weighted by Gasteiger charge is 2.18. The number of aromatic amines is 1. The quantitative estimate of drug-likeness (QED) is 0.416. The fourth-order valence-electron chi connectivity index (χ4n) is 2.68. The molecule has 3 heterocycles. The molecule has 9 nitrogen and oxygen atoms in total. The van der Waals surface area contributed by atoms with E-state index in [2.05, 4.69) is 30.6 Å². The lowest BCUT2D eigenvalue weighted by atomic mass is 10.2. The van der Waals surface area contributed by atoms with Crippen LogP contribution in [-0.4, -0.2) is 43.0 Å². The average Bonchev–Trinajstić information content (AvgIpc) is 3.42. The summed E-state index contributed by atoms with van der Waals surface area (Å²) in [5.74, 6) is 0.125. The summed E-state index contributed by atoms with van der Waals surface area (Å²) in [7, 11) is 3.45. The number of pyridine rings is 1. The van der Waals surface area contributed by atoms with Gasteiger partial charge >= 0.3 is 0 Å². The molecule has 2 N–H and O–H groups in total. The van der Waals surface area contributed by atoms with Crippen LogP contribution in [0.3, 0.4) is 0 Å². The molecule has 3 aromatic heterocycles. The van der Waals surface area contributed by atoms with E-state index in [0.717, 1.165) is 15.4 Å². The number of carbonyl (C=O) groups excluding carboxylic acids is 1. The third-order valence-corrected chi connectivity index (χ3v) is 5.94. The van der Waals surface area contributed by atoms with Gasteiger partial charge in [-0.25, -0.2) is 9.97 Å². The second-order valence-electron chi connectivity index (χ2n) is 6.40. The Morgan fingerprint density at radius 2 is 2.00 bits per heavy atom. The van der Waals surface area contributed by atoms with Crippen molar-refractivity contribution in [3.63, 3.8) is 0 Å². The van der Waals surface area contributed by atoms with Crippen LogP contribution in [0.5, 0.6) is 0 Å². The predicted octanol–water partition coefficient (Wildman–Crippen LogP) is 3.63. The van der Waals surface area contributed by atoms with E-state index < -0.39 is 0 Å². The minimum absolute atomic E-state index is 0.307. The Morgan fingerprint density at radius 1 is 1.16 bits per heavy atom. The van der Waals surface area contributed by atoms with Crippen molar-refractivity contribution in [1.29, 1.82) is 0 Å². The molecular formula is C20H19N7O2S2. The Bertz CT molecular complexity index is 1160. The van der Waals surface area contributed by atoms with Gasteiger partial charge in [0.2, 0.25) is 0 Å². The summed E-state index contributed by atoms with van der Waals surface area (Å²) in [4.78, 5) is 23.4. The number of aromatic nitrogens is 6. The number of hydrogen-bond donors (Lipinski definition) is 2. The van der Waals surface area contributed by atoms with Crippen LogP contribution < -0.4 is 5.32 Å². The molecule has 31 heavy (non-hydrogen) atoms. The number of carbonyl (C=O) groups is 1. The van der Waals surface area contributed by atoms with E-state index in [4.69, 9.17) is 4.74 Å². The molecule has 0 bridgehead atoms. The molecule has 0 unspecified atom stereocenters. The molecule has 0 radical (unpaired) electrons. The third-order valence-electron chi connectivity index (χ3n) is 4.06. The number of nitrogens with zero attached hydrogens (tertiary/aromatic N) is 5. The summed E-state index contributed by atoms with van der Waals surface area (Å²) < 4.78 is 6.78. The van der Waals surface area contributed by atoms with Gasteiger partial charge in [0.05, 0.1) is 6.61 Å². The number of hydrogen-bond acceptors (Lipinski definition) is 8. The highest BCUT2D eigenvalue weighted by atomic mass is 32.2. The van der Waals surface area contributed by atoms with E-state index in [1.165, 1.54) is 29.9 Å². The number of nitrogens with one attached hydrogen (secondary N) is 2. The first-order valence-electron chi connectivity index (χ1n) is 9.22. The standard InChI is InChI=1S/C20H19N7O2S2/c1-27-10-9-16(26-27)23-19(28)18-15(30-14-5-3-13(4-6-14)11-29-2)7-8-17(24-18)31-20-21-12-22-25-20/h3-10,12H,11H2,1-2H3,(H,21,22,25)(H,23,26,28). The van der Waals surface area contributed by atoms with Crippen molar-refractivity contribution in [1.82, 2.24) is 29.9 Å². The molecule has 0 saturated carbocycles. The maximum atomic E-state index is 13.0. The number of methoxy groups -OCH3 is 1. The molecule has 1 aromatic carbocycles. The normalized spacial score (nSPS) is 10.9. The molecule has 158 valence electrons. The number of amides is 1. The van der Waals surface area contributed by atoms with Crippen molar-refractivity contribution in [3.05, 3.63) is 66.2 Å². The van der Waals surface area contributed by atoms with E-state index in [0.29, 0.717) is 28.3 Å². The Morgan fingerprint density at radius 3 is 2.68 bits per heavy atom. The van der Waals surface area contributed by atoms with Crippen molar-refractivity contribution >= 4 is 35.2 Å². The van der Waals surface area contributed by atoms with Crippen molar-refractivity contribution in [2.45, 2.75) is 26.6 Å². The molecule has 0 aliphatic rings. The maximum Gasteiger partial charge on any atom is 0.276 e. The van der Waals surface area contributed by atoms with Crippen LogP contribution in [0.1, 0.15) is 16.1 Å². The molecule has 0 aliphatic carbocycles. The predicted molar refractivity (Wildman–Crippen MR) is 117 cm³/mol. The maximum absolute atomic E-state index is 13.0. The van der Waals surface area contributed by atoms with Crippen LogP contribution in [0.15, 0.2) is 75.0 Å². The second kappa shape index (κ2) is 9.77. The number of ether oxygens (including phenoxy) is 1. The number of aryl methyl sites for hydroxylation is 1. The van der Waals surface area contributed by atoms with Gasteiger partial charge in [0.1, 0.15) is 17.0 Å². The fourth-order valence-corrected chi connectivity index (χ4v) is 4.24. The van der Waals surface area contributed by atoms with Gasteiger partial charge in [-0.15, -0.1) is 0 Å².